The maximum Gasteiger partial charge on any atom is 0.115 e. The van der Waals surface area contributed by atoms with Crippen molar-refractivity contribution in [3.8, 4) is 17.6 Å². The number of hydrogen-bond donors (Lipinski definition) is 2. The predicted octanol–water partition coefficient (Wildman–Crippen LogP) is 6.15. The number of aryl methyl sites for hydroxylation is 1. The second-order valence-electron chi connectivity index (χ2n) is 10.0. The largest absolute Gasteiger partial charge is 0.748 e. The summed E-state index contributed by atoms with van der Waals surface area (Å²) in [5, 5.41) is 21.4. The minimum Gasteiger partial charge on any atom is -0.748 e. The number of phenols is 1. The van der Waals surface area contributed by atoms with E-state index in [-0.39, 0.29) is 24.9 Å². The first kappa shape index (κ1) is 24.0. The molecule has 3 aromatic carbocycles. The maximum absolute atomic E-state index is 11.6. The van der Waals surface area contributed by atoms with Gasteiger partial charge in [0.25, 0.3) is 0 Å². The first-order chi connectivity index (χ1) is 15.5. The fourth-order valence-electron chi connectivity index (χ4n) is 6.74. The molecule has 2 fully saturated rings. The molecule has 5 atom stereocenters. The molecule has 3 heteroatoms. The Hall–Kier alpha value is -2.14. The van der Waals surface area contributed by atoms with Crippen LogP contribution < -0.4 is 0 Å². The molecule has 2 nitrogen and oxygen atoms in total. The molecule has 0 aromatic heterocycles. The quantitative estimate of drug-likeness (QED) is 0.210. The van der Waals surface area contributed by atoms with Crippen LogP contribution in [0.2, 0.25) is 0 Å². The summed E-state index contributed by atoms with van der Waals surface area (Å²) in [4.78, 5) is 0. The van der Waals surface area contributed by atoms with Crippen LogP contribution in [0, 0.1) is 29.1 Å². The molecule has 0 spiro atoms. The maximum atomic E-state index is 11.6. The van der Waals surface area contributed by atoms with E-state index in [1.165, 1.54) is 11.1 Å². The predicted molar refractivity (Wildman–Crippen MR) is 129 cm³/mol. The summed E-state index contributed by atoms with van der Waals surface area (Å²) in [6.07, 6.45) is 6.18. The first-order valence-electron chi connectivity index (χ1n) is 12.0. The summed E-state index contributed by atoms with van der Waals surface area (Å²) >= 11 is 0. The molecule has 2 N–H and O–H groups in total. The molecule has 0 radical (unpaired) electrons. The van der Waals surface area contributed by atoms with Gasteiger partial charge in [0.05, 0.1) is 5.60 Å². The van der Waals surface area contributed by atoms with Crippen LogP contribution in [0.25, 0.3) is 0 Å². The second kappa shape index (κ2) is 9.62. The number of fused-ring (bicyclic) bond motifs is 5. The van der Waals surface area contributed by atoms with Gasteiger partial charge in [-0.1, -0.05) is 18.6 Å². The number of aliphatic hydroxyl groups is 1. The number of phenolic OH excluding ortho intramolecular Hbond substituents is 1. The molecule has 0 bridgehead atoms. The van der Waals surface area contributed by atoms with Crippen molar-refractivity contribution < 1.29 is 29.7 Å². The van der Waals surface area contributed by atoms with E-state index in [4.69, 9.17) is 0 Å². The molecule has 0 amide bonds. The van der Waals surface area contributed by atoms with Crippen molar-refractivity contribution in [2.45, 2.75) is 57.0 Å². The zero-order valence-corrected chi connectivity index (χ0v) is 20.9. The van der Waals surface area contributed by atoms with Crippen LogP contribution in [0.1, 0.15) is 61.6 Å². The van der Waals surface area contributed by atoms with Crippen molar-refractivity contribution >= 4 is 0 Å². The average molecular weight is 526 g/mol. The second-order valence-corrected chi connectivity index (χ2v) is 10.0. The Labute approximate surface area is 210 Å². The van der Waals surface area contributed by atoms with E-state index in [1.54, 1.807) is 0 Å². The van der Waals surface area contributed by atoms with Crippen molar-refractivity contribution in [2.24, 2.45) is 17.3 Å². The van der Waals surface area contributed by atoms with E-state index in [0.717, 1.165) is 44.1 Å². The molecule has 2 saturated carbocycles. The zero-order valence-electron chi connectivity index (χ0n) is 19.2. The van der Waals surface area contributed by atoms with Crippen molar-refractivity contribution in [3.05, 3.63) is 89.5 Å². The number of benzene rings is 1. The van der Waals surface area contributed by atoms with Crippen LogP contribution >= 0.6 is 0 Å². The Kier molecular flexibility index (Phi) is 6.99. The van der Waals surface area contributed by atoms with Crippen LogP contribution in [0.15, 0.2) is 72.8 Å². The standard InChI is InChI=1S/C25H27O2.C5H5.Ru/c1-24-13-11-21-20-9-7-19(26)16-18(20)6-8-22(21)23(24)12-15-25(24,27)14-10-17-4-2-3-5-17;1-2-4-5-3-1;/h2-5,7,9,16,21-23,26-27H,6,8,11-13,15H2,1H3;1-5H;/q-1;-5;. The minimum absolute atomic E-state index is 0. The zero-order chi connectivity index (χ0) is 22.2. The van der Waals surface area contributed by atoms with Gasteiger partial charge in [-0.15, -0.1) is 12.1 Å². The average Bonchev–Trinajstić information content (AvgIpc) is 3.56. The van der Waals surface area contributed by atoms with Gasteiger partial charge in [0, 0.05) is 24.9 Å². The molecule has 3 aliphatic rings. The Bertz CT molecular complexity index is 1090. The van der Waals surface area contributed by atoms with Crippen molar-refractivity contribution in [2.75, 3.05) is 0 Å². The van der Waals surface area contributed by atoms with Crippen LogP contribution in [0.3, 0.4) is 0 Å². The van der Waals surface area contributed by atoms with E-state index in [1.807, 2.05) is 66.7 Å². The Morgan fingerprint density at radius 3 is 2.39 bits per heavy atom. The number of aromatic hydroxyl groups is 1. The summed E-state index contributed by atoms with van der Waals surface area (Å²) in [5.74, 6) is 8.62. The fourth-order valence-corrected chi connectivity index (χ4v) is 6.74. The van der Waals surface area contributed by atoms with Crippen LogP contribution in [-0.4, -0.2) is 15.8 Å². The van der Waals surface area contributed by atoms with Gasteiger partial charge in [-0.05, 0) is 79.5 Å². The monoisotopic (exact) mass is 526 g/mol. The van der Waals surface area contributed by atoms with Crippen LogP contribution in [0.5, 0.6) is 5.75 Å². The van der Waals surface area contributed by atoms with Crippen LogP contribution in [0.4, 0.5) is 0 Å². The molecule has 6 rings (SSSR count). The normalized spacial score (nSPS) is 31.4. The van der Waals surface area contributed by atoms with Crippen molar-refractivity contribution in [1.82, 2.24) is 0 Å². The molecule has 0 aliphatic heterocycles. The minimum atomic E-state index is -0.880. The molecule has 0 heterocycles. The Balaban J connectivity index is 0.000000385. The van der Waals surface area contributed by atoms with Gasteiger partial charge in [0.2, 0.25) is 0 Å². The third-order valence-corrected chi connectivity index (χ3v) is 8.49. The van der Waals surface area contributed by atoms with Gasteiger partial charge in [-0.3, -0.25) is 0 Å². The van der Waals surface area contributed by atoms with E-state index in [9.17, 15) is 10.2 Å². The van der Waals surface area contributed by atoms with E-state index in [2.05, 4.69) is 24.8 Å². The van der Waals surface area contributed by atoms with Gasteiger partial charge < -0.3 is 40.5 Å². The molecular weight excluding hydrogens is 493 g/mol. The van der Waals surface area contributed by atoms with E-state index >= 15 is 0 Å². The third kappa shape index (κ3) is 4.37. The molecular formula is C30H32O2Ru-6. The summed E-state index contributed by atoms with van der Waals surface area (Å²) in [5.41, 5.74) is 2.75. The van der Waals surface area contributed by atoms with Gasteiger partial charge in [-0.25, -0.2) is 0 Å². The topological polar surface area (TPSA) is 40.5 Å². The molecule has 0 saturated heterocycles. The Morgan fingerprint density at radius 1 is 1.00 bits per heavy atom. The smallest absolute Gasteiger partial charge is 0.115 e. The van der Waals surface area contributed by atoms with Gasteiger partial charge in [0.15, 0.2) is 0 Å². The summed E-state index contributed by atoms with van der Waals surface area (Å²) in [6, 6.07) is 23.9. The van der Waals surface area contributed by atoms with E-state index in [0.29, 0.717) is 23.5 Å². The SMILES string of the molecule is CC12CCC3c4ccc(O)cc4CCC3C1CCC2(O)C#C[c-]1cccc1.[Ru].[cH-]1[cH-][cH-][cH-][cH-]1. The Morgan fingerprint density at radius 2 is 1.70 bits per heavy atom. The number of rotatable bonds is 0. The van der Waals surface area contributed by atoms with Crippen LogP contribution in [-0.2, 0) is 25.9 Å². The molecule has 178 valence electrons. The van der Waals surface area contributed by atoms with E-state index < -0.39 is 5.60 Å². The summed E-state index contributed by atoms with van der Waals surface area (Å²) in [7, 11) is 0. The van der Waals surface area contributed by atoms with Gasteiger partial charge in [0.1, 0.15) is 5.75 Å². The van der Waals surface area contributed by atoms with Crippen molar-refractivity contribution in [1.29, 1.82) is 0 Å². The van der Waals surface area contributed by atoms with Crippen molar-refractivity contribution in [3.63, 3.8) is 0 Å². The molecule has 5 unspecified atom stereocenters. The summed E-state index contributed by atoms with van der Waals surface area (Å²) in [6.45, 7) is 2.28. The molecule has 33 heavy (non-hydrogen) atoms. The van der Waals surface area contributed by atoms with Gasteiger partial charge >= 0.3 is 0 Å². The fraction of sp³-hybridized carbons (Fsp3) is 0.400. The van der Waals surface area contributed by atoms with Gasteiger partial charge in [-0.2, -0.15) is 24.0 Å². The number of hydrogen-bond acceptors (Lipinski definition) is 2. The molecule has 3 aromatic rings. The molecule has 3 aliphatic carbocycles. The summed E-state index contributed by atoms with van der Waals surface area (Å²) < 4.78 is 0. The first-order valence-corrected chi connectivity index (χ1v) is 12.0. The third-order valence-electron chi connectivity index (χ3n) is 8.49.